The molecule has 4 rings (SSSR count). The molecule has 0 spiro atoms. The number of hydrogen-bond donors (Lipinski definition) is 2. The van der Waals surface area contributed by atoms with Crippen LogP contribution in [0.15, 0.2) is 40.8 Å². The van der Waals surface area contributed by atoms with E-state index in [4.69, 9.17) is 24.4 Å². The number of amides is 2. The fourth-order valence-corrected chi connectivity index (χ4v) is 3.57. The molecule has 0 aliphatic heterocycles. The van der Waals surface area contributed by atoms with Crippen molar-refractivity contribution in [1.29, 1.82) is 0 Å². The van der Waals surface area contributed by atoms with Crippen molar-refractivity contribution in [1.82, 2.24) is 10.3 Å². The number of hydrogen-bond acceptors (Lipinski definition) is 7. The molecule has 196 valence electrons. The molecule has 1 unspecified atom stereocenters. The summed E-state index contributed by atoms with van der Waals surface area (Å²) in [6, 6.07) is 8.13. The number of oxazole rings is 1. The van der Waals surface area contributed by atoms with E-state index in [0.717, 1.165) is 25.0 Å². The van der Waals surface area contributed by atoms with Crippen LogP contribution in [0.5, 0.6) is 11.5 Å². The lowest BCUT2D eigenvalue weighted by atomic mass is 10.2. The second-order valence-corrected chi connectivity index (χ2v) is 8.58. The van der Waals surface area contributed by atoms with Gasteiger partial charge in [0.1, 0.15) is 11.6 Å². The van der Waals surface area contributed by atoms with Gasteiger partial charge in [0.05, 0.1) is 13.2 Å². The van der Waals surface area contributed by atoms with Crippen LogP contribution in [0, 0.1) is 17.6 Å². The Morgan fingerprint density at radius 1 is 1.16 bits per heavy atom. The van der Waals surface area contributed by atoms with Gasteiger partial charge >= 0.3 is 6.09 Å². The number of nitrogens with one attached hydrogen (secondary N) is 1. The maximum atomic E-state index is 14.0. The molecule has 11 heteroatoms. The van der Waals surface area contributed by atoms with Gasteiger partial charge < -0.3 is 29.7 Å². The third-order valence-corrected chi connectivity index (χ3v) is 5.65. The van der Waals surface area contributed by atoms with E-state index in [1.165, 1.54) is 13.0 Å². The van der Waals surface area contributed by atoms with Crippen LogP contribution in [0.2, 0.25) is 0 Å². The van der Waals surface area contributed by atoms with Crippen molar-refractivity contribution >= 4 is 12.0 Å². The van der Waals surface area contributed by atoms with Gasteiger partial charge in [0.15, 0.2) is 29.1 Å². The third-order valence-electron chi connectivity index (χ3n) is 5.65. The van der Waals surface area contributed by atoms with Crippen LogP contribution in [-0.2, 0) is 11.3 Å². The first-order valence-electron chi connectivity index (χ1n) is 11.8. The predicted molar refractivity (Wildman–Crippen MR) is 128 cm³/mol. The van der Waals surface area contributed by atoms with E-state index in [0.29, 0.717) is 36.2 Å². The number of nitrogens with two attached hydrogens (primary N) is 1. The minimum Gasteiger partial charge on any atom is -0.490 e. The Morgan fingerprint density at radius 3 is 2.62 bits per heavy atom. The van der Waals surface area contributed by atoms with Crippen molar-refractivity contribution in [2.75, 3.05) is 13.2 Å². The third kappa shape index (κ3) is 6.54. The molecule has 3 aromatic rings. The highest BCUT2D eigenvalue weighted by Crippen LogP contribution is 2.37. The highest BCUT2D eigenvalue weighted by atomic mass is 19.1. The van der Waals surface area contributed by atoms with Gasteiger partial charge in [0, 0.05) is 23.7 Å². The summed E-state index contributed by atoms with van der Waals surface area (Å²) in [6.07, 6.45) is 0.118. The number of benzene rings is 2. The van der Waals surface area contributed by atoms with Gasteiger partial charge in [0.2, 0.25) is 5.89 Å². The minimum atomic E-state index is -1.07. The Kier molecular flexibility index (Phi) is 7.90. The molecular formula is C26H27F2N3O6. The molecule has 1 aliphatic carbocycles. The Labute approximate surface area is 211 Å². The smallest absolute Gasteiger partial charge is 0.405 e. The van der Waals surface area contributed by atoms with E-state index in [1.807, 2.05) is 6.92 Å². The normalized spacial score (nSPS) is 13.6. The summed E-state index contributed by atoms with van der Waals surface area (Å²) in [4.78, 5) is 28.6. The first kappa shape index (κ1) is 25.9. The number of primary amides is 1. The predicted octanol–water partition coefficient (Wildman–Crippen LogP) is 4.89. The zero-order valence-electron chi connectivity index (χ0n) is 20.4. The van der Waals surface area contributed by atoms with E-state index in [-0.39, 0.29) is 29.5 Å². The molecule has 0 radical (unpaired) electrons. The van der Waals surface area contributed by atoms with Gasteiger partial charge in [-0.15, -0.1) is 0 Å². The van der Waals surface area contributed by atoms with Gasteiger partial charge in [-0.3, -0.25) is 4.79 Å². The monoisotopic (exact) mass is 515 g/mol. The van der Waals surface area contributed by atoms with E-state index in [2.05, 4.69) is 10.3 Å². The molecule has 0 saturated heterocycles. The van der Waals surface area contributed by atoms with E-state index < -0.39 is 29.7 Å². The molecule has 1 saturated carbocycles. The zero-order chi connectivity index (χ0) is 26.5. The molecule has 1 atom stereocenters. The second-order valence-electron chi connectivity index (χ2n) is 8.58. The summed E-state index contributed by atoms with van der Waals surface area (Å²) in [5.74, 6) is -0.672. The molecule has 1 heterocycles. The number of aromatic nitrogens is 1. The summed E-state index contributed by atoms with van der Waals surface area (Å²) in [5, 5.41) is 2.53. The number of carbonyl (C=O) groups is 2. The van der Waals surface area contributed by atoms with E-state index >= 15 is 0 Å². The topological polar surface area (TPSA) is 126 Å². The summed E-state index contributed by atoms with van der Waals surface area (Å²) in [5.41, 5.74) is 5.53. The van der Waals surface area contributed by atoms with Crippen molar-refractivity contribution in [3.63, 3.8) is 0 Å². The van der Waals surface area contributed by atoms with Gasteiger partial charge in [-0.25, -0.2) is 18.6 Å². The van der Waals surface area contributed by atoms with Crippen LogP contribution in [0.25, 0.3) is 11.5 Å². The van der Waals surface area contributed by atoms with Crippen molar-refractivity contribution in [3.05, 3.63) is 65.1 Å². The molecule has 2 amide bonds. The fraction of sp³-hybridized carbons (Fsp3) is 0.346. The molecule has 9 nitrogen and oxygen atoms in total. The Hall–Kier alpha value is -4.15. The van der Waals surface area contributed by atoms with Crippen molar-refractivity contribution < 1.29 is 37.0 Å². The Bertz CT molecular complexity index is 1290. The molecule has 0 bridgehead atoms. The fourth-order valence-electron chi connectivity index (χ4n) is 3.57. The highest BCUT2D eigenvalue weighted by Gasteiger charge is 2.28. The van der Waals surface area contributed by atoms with Crippen LogP contribution in [0.4, 0.5) is 13.6 Å². The molecule has 3 N–H and O–H groups in total. The van der Waals surface area contributed by atoms with Crippen LogP contribution in [0.1, 0.15) is 54.6 Å². The molecular weight excluding hydrogens is 488 g/mol. The number of halogens is 2. The first-order valence-corrected chi connectivity index (χ1v) is 11.8. The van der Waals surface area contributed by atoms with Crippen LogP contribution in [0.3, 0.4) is 0 Å². The Balaban J connectivity index is 1.62. The molecule has 1 fully saturated rings. The van der Waals surface area contributed by atoms with Crippen molar-refractivity contribution in [2.24, 2.45) is 11.7 Å². The molecule has 1 aliphatic rings. The molecule has 2 aromatic carbocycles. The summed E-state index contributed by atoms with van der Waals surface area (Å²) in [6.45, 7) is 4.09. The standard InChI is InChI=1S/C26H27F2N3O6/c1-3-34-20-9-7-16(10-21(20)35-13-15-4-5-15)25-31-22(23(37-25)14(2)36-26(29)33)24(32)30-12-17-6-8-18(27)11-19(17)28/h6-11,14-15H,3-5,12-13H2,1-2H3,(H2,29,33)(H,30,32). The van der Waals surface area contributed by atoms with E-state index in [1.54, 1.807) is 18.2 Å². The minimum absolute atomic E-state index is 0.0554. The maximum absolute atomic E-state index is 14.0. The Morgan fingerprint density at radius 2 is 1.95 bits per heavy atom. The van der Waals surface area contributed by atoms with Crippen LogP contribution < -0.4 is 20.5 Å². The summed E-state index contributed by atoms with van der Waals surface area (Å²) < 4.78 is 49.6. The number of rotatable bonds is 11. The number of nitrogens with zero attached hydrogens (tertiary/aromatic N) is 1. The van der Waals surface area contributed by atoms with Gasteiger partial charge in [-0.2, -0.15) is 0 Å². The highest BCUT2D eigenvalue weighted by molar-refractivity contribution is 5.94. The summed E-state index contributed by atoms with van der Waals surface area (Å²) in [7, 11) is 0. The zero-order valence-corrected chi connectivity index (χ0v) is 20.4. The lowest BCUT2D eigenvalue weighted by Gasteiger charge is -2.12. The van der Waals surface area contributed by atoms with Gasteiger partial charge in [0.25, 0.3) is 5.91 Å². The van der Waals surface area contributed by atoms with Crippen LogP contribution >= 0.6 is 0 Å². The van der Waals surface area contributed by atoms with E-state index in [9.17, 15) is 18.4 Å². The quantitative estimate of drug-likeness (QED) is 0.372. The largest absolute Gasteiger partial charge is 0.490 e. The van der Waals surface area contributed by atoms with Crippen molar-refractivity contribution in [2.45, 2.75) is 39.3 Å². The lowest BCUT2D eigenvalue weighted by Crippen LogP contribution is -2.26. The maximum Gasteiger partial charge on any atom is 0.405 e. The molecule has 1 aromatic heterocycles. The average Bonchev–Trinajstić information content (AvgIpc) is 3.57. The molecule has 37 heavy (non-hydrogen) atoms. The summed E-state index contributed by atoms with van der Waals surface area (Å²) >= 11 is 0. The van der Waals surface area contributed by atoms with Gasteiger partial charge in [-0.1, -0.05) is 6.07 Å². The first-order chi connectivity index (χ1) is 17.7. The van der Waals surface area contributed by atoms with Crippen LogP contribution in [-0.4, -0.2) is 30.2 Å². The lowest BCUT2D eigenvalue weighted by molar-refractivity contribution is 0.0904. The SMILES string of the molecule is CCOc1ccc(-c2nc(C(=O)NCc3ccc(F)cc3F)c(C(C)OC(N)=O)o2)cc1OCC1CC1. The number of ether oxygens (including phenoxy) is 3. The average molecular weight is 516 g/mol. The second kappa shape index (κ2) is 11.3. The number of carbonyl (C=O) groups excluding carboxylic acids is 2. The van der Waals surface area contributed by atoms with Crippen molar-refractivity contribution in [3.8, 4) is 23.0 Å². The van der Waals surface area contributed by atoms with Gasteiger partial charge in [-0.05, 0) is 56.9 Å².